The first-order valence-corrected chi connectivity index (χ1v) is 4.06. The zero-order valence-electron chi connectivity index (χ0n) is 5.52. The molecule has 0 unspecified atom stereocenters. The lowest BCUT2D eigenvalue weighted by Gasteiger charge is -1.94. The summed E-state index contributed by atoms with van der Waals surface area (Å²) in [6.45, 7) is 0. The van der Waals surface area contributed by atoms with Gasteiger partial charge in [-0.05, 0) is 22.6 Å². The van der Waals surface area contributed by atoms with Gasteiger partial charge in [0.2, 0.25) is 0 Å². The molecule has 58 valence electrons. The smallest absolute Gasteiger partial charge is 0.196 e. The Kier molecular flexibility index (Phi) is 2.99. The molecule has 1 aromatic carbocycles. The van der Waals surface area contributed by atoms with Crippen LogP contribution in [-0.4, -0.2) is 0 Å². The molecule has 0 atom stereocenters. The fourth-order valence-electron chi connectivity index (χ4n) is 0.694. The van der Waals surface area contributed by atoms with E-state index in [1.807, 2.05) is 0 Å². The monoisotopic (exact) mass is 266 g/mol. The normalized spacial score (nSPS) is 12.6. The Morgan fingerprint density at radius 3 is 2.09 bits per heavy atom. The predicted molar refractivity (Wildman–Crippen MR) is 49.6 cm³/mol. The van der Waals surface area contributed by atoms with Crippen LogP contribution in [0.3, 0.4) is 0 Å². The van der Waals surface area contributed by atoms with Gasteiger partial charge in [-0.1, -0.05) is 30.3 Å². The minimum Gasteiger partial charge on any atom is -0.203 e. The highest BCUT2D eigenvalue weighted by molar-refractivity contribution is 14.1. The molecular weight excluding hydrogens is 261 g/mol. The maximum absolute atomic E-state index is 12.8. The standard InChI is InChI=1S/C8H5F2I/c9-7(8(10)11)6-4-2-1-3-5-6/h1-5H/b8-7-. The second-order valence-electron chi connectivity index (χ2n) is 1.94. The Hall–Kier alpha value is -0.450. The van der Waals surface area contributed by atoms with Gasteiger partial charge in [0.1, 0.15) is 0 Å². The molecule has 0 fully saturated rings. The van der Waals surface area contributed by atoms with Crippen molar-refractivity contribution in [2.75, 3.05) is 0 Å². The van der Waals surface area contributed by atoms with Gasteiger partial charge in [-0.2, -0.15) is 4.39 Å². The molecule has 0 amide bonds. The number of rotatable bonds is 1. The van der Waals surface area contributed by atoms with E-state index in [1.165, 1.54) is 34.7 Å². The number of halogens is 3. The summed E-state index contributed by atoms with van der Waals surface area (Å²) in [5.41, 5.74) is 0.277. The van der Waals surface area contributed by atoms with E-state index in [9.17, 15) is 8.78 Å². The van der Waals surface area contributed by atoms with E-state index >= 15 is 0 Å². The van der Waals surface area contributed by atoms with Gasteiger partial charge in [0, 0.05) is 5.56 Å². The van der Waals surface area contributed by atoms with Crippen molar-refractivity contribution >= 4 is 28.4 Å². The third-order valence-corrected chi connectivity index (χ3v) is 1.67. The van der Waals surface area contributed by atoms with Crippen molar-refractivity contribution in [3.8, 4) is 0 Å². The molecule has 0 radical (unpaired) electrons. The van der Waals surface area contributed by atoms with Crippen LogP contribution in [0.15, 0.2) is 34.2 Å². The van der Waals surface area contributed by atoms with Crippen LogP contribution in [0.1, 0.15) is 5.56 Å². The van der Waals surface area contributed by atoms with Gasteiger partial charge >= 0.3 is 0 Å². The molecule has 0 nitrogen and oxygen atoms in total. The van der Waals surface area contributed by atoms with E-state index in [4.69, 9.17) is 0 Å². The quantitative estimate of drug-likeness (QED) is 0.680. The lowest BCUT2D eigenvalue weighted by Crippen LogP contribution is -1.75. The molecule has 0 bridgehead atoms. The van der Waals surface area contributed by atoms with Gasteiger partial charge in [-0.15, -0.1) is 0 Å². The number of hydrogen-bond donors (Lipinski definition) is 0. The second-order valence-corrected chi connectivity index (χ2v) is 2.89. The fourth-order valence-corrected chi connectivity index (χ4v) is 1.00. The summed E-state index contributed by atoms with van der Waals surface area (Å²) in [4.78, 5) is 0. The van der Waals surface area contributed by atoms with Gasteiger partial charge < -0.3 is 0 Å². The molecule has 0 N–H and O–H groups in total. The molecule has 0 aliphatic rings. The van der Waals surface area contributed by atoms with Crippen LogP contribution in [0.2, 0.25) is 0 Å². The lowest BCUT2D eigenvalue weighted by atomic mass is 10.2. The van der Waals surface area contributed by atoms with Crippen molar-refractivity contribution in [2.24, 2.45) is 0 Å². The molecule has 0 aliphatic heterocycles. The summed E-state index contributed by atoms with van der Waals surface area (Å²) in [5.74, 6) is -0.800. The zero-order chi connectivity index (χ0) is 8.27. The van der Waals surface area contributed by atoms with Gasteiger partial charge in [0.25, 0.3) is 0 Å². The van der Waals surface area contributed by atoms with Crippen LogP contribution in [0, 0.1) is 0 Å². The summed E-state index contributed by atoms with van der Waals surface area (Å²) >= 11 is 1.31. The first-order chi connectivity index (χ1) is 5.22. The SMILES string of the molecule is F/C(I)=C(/F)c1ccccc1. The average molecular weight is 266 g/mol. The topological polar surface area (TPSA) is 0 Å². The van der Waals surface area contributed by atoms with Gasteiger partial charge in [0.05, 0.1) is 0 Å². The van der Waals surface area contributed by atoms with Crippen LogP contribution in [0.5, 0.6) is 0 Å². The molecule has 1 rings (SSSR count). The summed E-state index contributed by atoms with van der Waals surface area (Å²) in [5, 5.41) is 0. The molecule has 11 heavy (non-hydrogen) atoms. The van der Waals surface area contributed by atoms with Crippen LogP contribution >= 0.6 is 22.6 Å². The summed E-state index contributed by atoms with van der Waals surface area (Å²) < 4.78 is 24.2. The molecule has 0 aromatic heterocycles. The third kappa shape index (κ3) is 2.25. The van der Waals surface area contributed by atoms with Crippen molar-refractivity contribution in [3.05, 3.63) is 39.7 Å². The maximum atomic E-state index is 12.8. The molecule has 3 heteroatoms. The minimum absolute atomic E-state index is 0.277. The Morgan fingerprint density at radius 2 is 1.64 bits per heavy atom. The average Bonchev–Trinajstić information content (AvgIpc) is 2.05. The number of hydrogen-bond acceptors (Lipinski definition) is 0. The van der Waals surface area contributed by atoms with Crippen molar-refractivity contribution in [2.45, 2.75) is 0 Å². The predicted octanol–water partition coefficient (Wildman–Crippen LogP) is 3.69. The largest absolute Gasteiger partial charge is 0.203 e. The van der Waals surface area contributed by atoms with E-state index in [0.717, 1.165) is 0 Å². The van der Waals surface area contributed by atoms with Crippen LogP contribution < -0.4 is 0 Å². The highest BCUT2D eigenvalue weighted by Gasteiger charge is 2.03. The van der Waals surface area contributed by atoms with E-state index in [1.54, 1.807) is 18.2 Å². The molecule has 0 heterocycles. The van der Waals surface area contributed by atoms with Crippen LogP contribution in [0.4, 0.5) is 8.78 Å². The van der Waals surface area contributed by atoms with E-state index < -0.39 is 9.66 Å². The maximum Gasteiger partial charge on any atom is 0.196 e. The highest BCUT2D eigenvalue weighted by Crippen LogP contribution is 2.24. The molecule has 0 aliphatic carbocycles. The van der Waals surface area contributed by atoms with Crippen molar-refractivity contribution < 1.29 is 8.78 Å². The van der Waals surface area contributed by atoms with E-state index in [2.05, 4.69) is 0 Å². The zero-order valence-corrected chi connectivity index (χ0v) is 7.68. The molecular formula is C8H5F2I. The molecule has 0 spiro atoms. The van der Waals surface area contributed by atoms with Crippen molar-refractivity contribution in [1.29, 1.82) is 0 Å². The van der Waals surface area contributed by atoms with Crippen molar-refractivity contribution in [3.63, 3.8) is 0 Å². The Morgan fingerprint density at radius 1 is 1.09 bits per heavy atom. The first kappa shape index (κ1) is 8.64. The Balaban J connectivity index is 3.04. The van der Waals surface area contributed by atoms with Crippen LogP contribution in [-0.2, 0) is 0 Å². The van der Waals surface area contributed by atoms with E-state index in [0.29, 0.717) is 0 Å². The van der Waals surface area contributed by atoms with Crippen LogP contribution in [0.25, 0.3) is 5.83 Å². The summed E-state index contributed by atoms with van der Waals surface area (Å²) in [6, 6.07) is 8.12. The Labute approximate surface area is 77.1 Å². The fraction of sp³-hybridized carbons (Fsp3) is 0. The molecule has 0 saturated carbocycles. The van der Waals surface area contributed by atoms with Crippen molar-refractivity contribution in [1.82, 2.24) is 0 Å². The summed E-state index contributed by atoms with van der Waals surface area (Å²) in [6.07, 6.45) is 0. The second kappa shape index (κ2) is 3.80. The van der Waals surface area contributed by atoms with Gasteiger partial charge in [-0.3, -0.25) is 0 Å². The first-order valence-electron chi connectivity index (χ1n) is 2.98. The molecule has 0 saturated heterocycles. The number of benzene rings is 1. The summed E-state index contributed by atoms with van der Waals surface area (Å²) in [7, 11) is 0. The third-order valence-electron chi connectivity index (χ3n) is 1.19. The lowest BCUT2D eigenvalue weighted by molar-refractivity contribution is 0.664. The van der Waals surface area contributed by atoms with Gasteiger partial charge in [0.15, 0.2) is 9.66 Å². The minimum atomic E-state index is -0.811. The molecule has 1 aromatic rings. The van der Waals surface area contributed by atoms with E-state index in [-0.39, 0.29) is 5.56 Å². The highest BCUT2D eigenvalue weighted by atomic mass is 127. The van der Waals surface area contributed by atoms with Gasteiger partial charge in [-0.25, -0.2) is 4.39 Å². The Bertz CT molecular complexity index is 263.